The summed E-state index contributed by atoms with van der Waals surface area (Å²) in [5.74, 6) is 0.0828. The fourth-order valence-corrected chi connectivity index (χ4v) is 2.60. The number of rotatable bonds is 5. The van der Waals surface area contributed by atoms with Crippen LogP contribution in [0, 0.1) is 0 Å². The van der Waals surface area contributed by atoms with Gasteiger partial charge in [0.1, 0.15) is 0 Å². The summed E-state index contributed by atoms with van der Waals surface area (Å²) in [7, 11) is 0. The van der Waals surface area contributed by atoms with Gasteiger partial charge in [0.15, 0.2) is 0 Å². The first kappa shape index (κ1) is 16.5. The number of carbonyl (C=O) groups is 2. The molecule has 2 rings (SSSR count). The van der Waals surface area contributed by atoms with Gasteiger partial charge in [-0.1, -0.05) is 13.8 Å². The average molecular weight is 303 g/mol. The lowest BCUT2D eigenvalue weighted by Gasteiger charge is -2.34. The largest absolute Gasteiger partial charge is 0.336 e. The second-order valence-corrected chi connectivity index (χ2v) is 5.60. The van der Waals surface area contributed by atoms with Crippen LogP contribution in [-0.4, -0.2) is 54.3 Å². The molecule has 0 atom stereocenters. The first-order chi connectivity index (χ1) is 10.6. The van der Waals surface area contributed by atoms with Crippen molar-refractivity contribution in [3.05, 3.63) is 29.8 Å². The molecular weight excluding hydrogens is 278 g/mol. The molecule has 1 fully saturated rings. The van der Waals surface area contributed by atoms with Gasteiger partial charge >= 0.3 is 0 Å². The second-order valence-electron chi connectivity index (χ2n) is 5.60. The molecule has 0 spiro atoms. The number of anilines is 1. The molecule has 1 saturated heterocycles. The van der Waals surface area contributed by atoms with Crippen LogP contribution in [0.3, 0.4) is 0 Å². The van der Waals surface area contributed by atoms with Gasteiger partial charge in [0.25, 0.3) is 5.91 Å². The summed E-state index contributed by atoms with van der Waals surface area (Å²) in [6, 6.07) is 7.17. The summed E-state index contributed by atoms with van der Waals surface area (Å²) in [5, 5.41) is 2.83. The number of amides is 2. The Hall–Kier alpha value is -1.88. The van der Waals surface area contributed by atoms with Crippen LogP contribution >= 0.6 is 0 Å². The minimum Gasteiger partial charge on any atom is -0.336 e. The predicted octanol–water partition coefficient (Wildman–Crippen LogP) is 2.20. The summed E-state index contributed by atoms with van der Waals surface area (Å²) in [4.78, 5) is 28.2. The summed E-state index contributed by atoms with van der Waals surface area (Å²) in [6.45, 7) is 8.58. The number of hydrogen-bond donors (Lipinski definition) is 1. The molecule has 1 heterocycles. The van der Waals surface area contributed by atoms with E-state index in [0.29, 0.717) is 12.0 Å². The Morgan fingerprint density at radius 3 is 2.23 bits per heavy atom. The number of hydrogen-bond acceptors (Lipinski definition) is 3. The zero-order valence-corrected chi connectivity index (χ0v) is 13.5. The first-order valence-corrected chi connectivity index (χ1v) is 8.05. The smallest absolute Gasteiger partial charge is 0.253 e. The van der Waals surface area contributed by atoms with Gasteiger partial charge < -0.3 is 15.1 Å². The van der Waals surface area contributed by atoms with Crippen LogP contribution in [-0.2, 0) is 4.79 Å². The highest BCUT2D eigenvalue weighted by Gasteiger charge is 2.21. The van der Waals surface area contributed by atoms with Crippen LogP contribution in [0.15, 0.2) is 24.3 Å². The van der Waals surface area contributed by atoms with Crippen molar-refractivity contribution >= 4 is 17.5 Å². The molecule has 0 radical (unpaired) electrons. The monoisotopic (exact) mass is 303 g/mol. The van der Waals surface area contributed by atoms with Gasteiger partial charge in [0.2, 0.25) is 5.91 Å². The second kappa shape index (κ2) is 7.94. The number of piperazine rings is 1. The van der Waals surface area contributed by atoms with Crippen molar-refractivity contribution in [1.82, 2.24) is 9.80 Å². The van der Waals surface area contributed by atoms with Crippen LogP contribution in [0.5, 0.6) is 0 Å². The van der Waals surface area contributed by atoms with Gasteiger partial charge in [0.05, 0.1) is 0 Å². The van der Waals surface area contributed by atoms with Crippen molar-refractivity contribution in [2.24, 2.45) is 0 Å². The molecule has 1 aliphatic heterocycles. The van der Waals surface area contributed by atoms with Crippen molar-refractivity contribution in [1.29, 1.82) is 0 Å². The lowest BCUT2D eigenvalue weighted by Crippen LogP contribution is -2.48. The Morgan fingerprint density at radius 2 is 1.68 bits per heavy atom. The maximum Gasteiger partial charge on any atom is 0.253 e. The van der Waals surface area contributed by atoms with Crippen LogP contribution in [0.25, 0.3) is 0 Å². The zero-order valence-electron chi connectivity index (χ0n) is 13.5. The summed E-state index contributed by atoms with van der Waals surface area (Å²) >= 11 is 0. The molecule has 120 valence electrons. The van der Waals surface area contributed by atoms with E-state index in [0.717, 1.165) is 44.8 Å². The first-order valence-electron chi connectivity index (χ1n) is 8.05. The molecule has 1 aromatic carbocycles. The van der Waals surface area contributed by atoms with Gasteiger partial charge in [-0.3, -0.25) is 9.59 Å². The van der Waals surface area contributed by atoms with Crippen molar-refractivity contribution in [2.45, 2.75) is 26.7 Å². The van der Waals surface area contributed by atoms with E-state index in [2.05, 4.69) is 17.1 Å². The predicted molar refractivity (Wildman–Crippen MR) is 88.0 cm³/mol. The van der Waals surface area contributed by atoms with Crippen molar-refractivity contribution in [2.75, 3.05) is 38.0 Å². The molecule has 0 aromatic heterocycles. The van der Waals surface area contributed by atoms with Crippen molar-refractivity contribution in [3.8, 4) is 0 Å². The molecule has 5 heteroatoms. The van der Waals surface area contributed by atoms with E-state index in [1.54, 1.807) is 24.3 Å². The van der Waals surface area contributed by atoms with E-state index in [1.807, 2.05) is 11.8 Å². The topological polar surface area (TPSA) is 52.7 Å². The van der Waals surface area contributed by atoms with Gasteiger partial charge in [-0.05, 0) is 37.2 Å². The van der Waals surface area contributed by atoms with Gasteiger partial charge in [-0.2, -0.15) is 0 Å². The summed E-state index contributed by atoms with van der Waals surface area (Å²) < 4.78 is 0. The minimum atomic E-state index is 0.0114. The van der Waals surface area contributed by atoms with E-state index in [9.17, 15) is 9.59 Å². The third-order valence-corrected chi connectivity index (χ3v) is 4.00. The van der Waals surface area contributed by atoms with Crippen LogP contribution in [0.1, 0.15) is 37.0 Å². The third kappa shape index (κ3) is 4.31. The molecular formula is C17H25N3O2. The number of carbonyl (C=O) groups excluding carboxylic acids is 2. The SMILES string of the molecule is CCCC(=O)Nc1ccc(C(=O)N2CCN(CC)CC2)cc1. The fraction of sp³-hybridized carbons (Fsp3) is 0.529. The number of nitrogens with zero attached hydrogens (tertiary/aromatic N) is 2. The van der Waals surface area contributed by atoms with Gasteiger partial charge in [-0.25, -0.2) is 0 Å². The van der Waals surface area contributed by atoms with Gasteiger partial charge in [0, 0.05) is 43.9 Å². The van der Waals surface area contributed by atoms with Gasteiger partial charge in [-0.15, -0.1) is 0 Å². The standard InChI is InChI=1S/C17H25N3O2/c1-3-5-16(21)18-15-8-6-14(7-9-15)17(22)20-12-10-19(4-2)11-13-20/h6-9H,3-5,10-13H2,1-2H3,(H,18,21). The number of likely N-dealkylation sites (N-methyl/N-ethyl adjacent to an activating group) is 1. The molecule has 1 aliphatic rings. The van der Waals surface area contributed by atoms with Crippen LogP contribution in [0.2, 0.25) is 0 Å². The van der Waals surface area contributed by atoms with E-state index in [-0.39, 0.29) is 11.8 Å². The maximum atomic E-state index is 12.5. The highest BCUT2D eigenvalue weighted by atomic mass is 16.2. The Bertz CT molecular complexity index is 505. The molecule has 5 nitrogen and oxygen atoms in total. The molecule has 0 unspecified atom stereocenters. The zero-order chi connectivity index (χ0) is 15.9. The molecule has 22 heavy (non-hydrogen) atoms. The lowest BCUT2D eigenvalue weighted by molar-refractivity contribution is -0.116. The third-order valence-electron chi connectivity index (χ3n) is 4.00. The molecule has 2 amide bonds. The number of nitrogens with one attached hydrogen (secondary N) is 1. The Kier molecular flexibility index (Phi) is 5.95. The fourth-order valence-electron chi connectivity index (χ4n) is 2.60. The lowest BCUT2D eigenvalue weighted by atomic mass is 10.1. The molecule has 0 aliphatic carbocycles. The summed E-state index contributed by atoms with van der Waals surface area (Å²) in [5.41, 5.74) is 1.42. The normalized spacial score (nSPS) is 15.6. The minimum absolute atomic E-state index is 0.0114. The summed E-state index contributed by atoms with van der Waals surface area (Å²) in [6.07, 6.45) is 1.34. The average Bonchev–Trinajstić information content (AvgIpc) is 2.55. The van der Waals surface area contributed by atoms with E-state index >= 15 is 0 Å². The Morgan fingerprint density at radius 1 is 1.05 bits per heavy atom. The van der Waals surface area contributed by atoms with Crippen LogP contribution in [0.4, 0.5) is 5.69 Å². The molecule has 1 aromatic rings. The highest BCUT2D eigenvalue weighted by molar-refractivity contribution is 5.95. The van der Waals surface area contributed by atoms with E-state index < -0.39 is 0 Å². The van der Waals surface area contributed by atoms with Crippen molar-refractivity contribution in [3.63, 3.8) is 0 Å². The maximum absolute atomic E-state index is 12.5. The molecule has 0 bridgehead atoms. The Labute approximate surface area is 132 Å². The molecule has 0 saturated carbocycles. The molecule has 1 N–H and O–H groups in total. The number of benzene rings is 1. The van der Waals surface area contributed by atoms with E-state index in [1.165, 1.54) is 0 Å². The van der Waals surface area contributed by atoms with E-state index in [4.69, 9.17) is 0 Å². The highest BCUT2D eigenvalue weighted by Crippen LogP contribution is 2.13. The van der Waals surface area contributed by atoms with Crippen LogP contribution < -0.4 is 5.32 Å². The van der Waals surface area contributed by atoms with Crippen molar-refractivity contribution < 1.29 is 9.59 Å². The quantitative estimate of drug-likeness (QED) is 0.907. The Balaban J connectivity index is 1.92.